The number of nitrogens with two attached hydrogens (primary N) is 1. The molecule has 0 fully saturated rings. The van der Waals surface area contributed by atoms with E-state index < -0.39 is 27.7 Å². The Labute approximate surface area is 182 Å². The van der Waals surface area contributed by atoms with E-state index in [1.165, 1.54) is 44.8 Å². The van der Waals surface area contributed by atoms with Gasteiger partial charge in [0.1, 0.15) is 17.3 Å². The Morgan fingerprint density at radius 3 is 2.58 bits per heavy atom. The van der Waals surface area contributed by atoms with Crippen LogP contribution in [0, 0.1) is 11.6 Å². The SMILES string of the molecule is CNS(=O)(=O)Nc1nccc(Cc2cnc(-c3ccc(Cl)cc3F)c(N)c2OC)c1F. The van der Waals surface area contributed by atoms with E-state index in [2.05, 4.69) is 9.97 Å². The van der Waals surface area contributed by atoms with Crippen LogP contribution in [0.15, 0.2) is 36.7 Å². The maximum atomic E-state index is 14.8. The van der Waals surface area contributed by atoms with Crippen LogP contribution in [0.1, 0.15) is 11.1 Å². The predicted octanol–water partition coefficient (Wildman–Crippen LogP) is 3.13. The molecule has 0 amide bonds. The normalized spacial score (nSPS) is 11.4. The predicted molar refractivity (Wildman–Crippen MR) is 114 cm³/mol. The van der Waals surface area contributed by atoms with Gasteiger partial charge in [-0.2, -0.15) is 8.42 Å². The van der Waals surface area contributed by atoms with Gasteiger partial charge in [-0.15, -0.1) is 0 Å². The standard InChI is InChI=1S/C19H18ClF2N5O3S/c1-24-31(28,29)27-19-15(22)10(5-6-25-19)7-11-9-26-17(16(23)18(11)30-2)13-4-3-12(20)8-14(13)21/h3-6,8-9,24H,7,23H2,1-2H3,(H,25,27). The van der Waals surface area contributed by atoms with Crippen LogP contribution >= 0.6 is 11.6 Å². The molecule has 0 aliphatic carbocycles. The average molecular weight is 470 g/mol. The van der Waals surface area contributed by atoms with Gasteiger partial charge >= 0.3 is 0 Å². The van der Waals surface area contributed by atoms with Crippen LogP contribution in [0.25, 0.3) is 11.3 Å². The second-order valence-corrected chi connectivity index (χ2v) is 8.38. The van der Waals surface area contributed by atoms with Crippen LogP contribution in [0.4, 0.5) is 20.3 Å². The molecule has 4 N–H and O–H groups in total. The quantitative estimate of drug-likeness (QED) is 0.489. The van der Waals surface area contributed by atoms with Gasteiger partial charge in [-0.3, -0.25) is 9.71 Å². The summed E-state index contributed by atoms with van der Waals surface area (Å²) in [5.41, 5.74) is 7.03. The van der Waals surface area contributed by atoms with Crippen molar-refractivity contribution in [3.63, 3.8) is 0 Å². The number of nitrogen functional groups attached to an aromatic ring is 1. The van der Waals surface area contributed by atoms with Crippen LogP contribution in [0.5, 0.6) is 5.75 Å². The summed E-state index contributed by atoms with van der Waals surface area (Å²) in [5, 5.41) is 0.223. The number of aromatic nitrogens is 2. The molecule has 164 valence electrons. The molecule has 8 nitrogen and oxygen atoms in total. The van der Waals surface area contributed by atoms with Gasteiger partial charge in [0.2, 0.25) is 0 Å². The Hall–Kier alpha value is -3.02. The maximum absolute atomic E-state index is 14.8. The zero-order chi connectivity index (χ0) is 22.8. The summed E-state index contributed by atoms with van der Waals surface area (Å²) in [4.78, 5) is 7.94. The number of rotatable bonds is 7. The second kappa shape index (κ2) is 9.00. The summed E-state index contributed by atoms with van der Waals surface area (Å²) in [6.45, 7) is 0. The number of anilines is 2. The van der Waals surface area contributed by atoms with Crippen molar-refractivity contribution >= 4 is 33.3 Å². The summed E-state index contributed by atoms with van der Waals surface area (Å²) in [6, 6.07) is 5.47. The number of nitrogens with one attached hydrogen (secondary N) is 2. The summed E-state index contributed by atoms with van der Waals surface area (Å²) in [5.74, 6) is -1.75. The first-order valence-electron chi connectivity index (χ1n) is 8.78. The van der Waals surface area contributed by atoms with Crippen LogP contribution in [-0.4, -0.2) is 32.5 Å². The third-order valence-electron chi connectivity index (χ3n) is 4.38. The molecule has 0 radical (unpaired) electrons. The van der Waals surface area contributed by atoms with E-state index in [0.29, 0.717) is 5.56 Å². The number of benzene rings is 1. The molecule has 0 atom stereocenters. The van der Waals surface area contributed by atoms with Crippen molar-refractivity contribution in [1.82, 2.24) is 14.7 Å². The topological polar surface area (TPSA) is 119 Å². The minimum absolute atomic E-state index is 0.0353. The highest BCUT2D eigenvalue weighted by atomic mass is 35.5. The monoisotopic (exact) mass is 469 g/mol. The Kier molecular flexibility index (Phi) is 6.58. The molecule has 0 unspecified atom stereocenters. The fourth-order valence-electron chi connectivity index (χ4n) is 2.89. The molecule has 2 aromatic heterocycles. The van der Waals surface area contributed by atoms with Crippen molar-refractivity contribution in [2.75, 3.05) is 24.6 Å². The fourth-order valence-corrected chi connectivity index (χ4v) is 3.55. The first kappa shape index (κ1) is 22.7. The lowest BCUT2D eigenvalue weighted by Crippen LogP contribution is -2.27. The van der Waals surface area contributed by atoms with E-state index in [1.807, 2.05) is 9.44 Å². The number of hydrogen-bond acceptors (Lipinski definition) is 6. The minimum atomic E-state index is -3.95. The lowest BCUT2D eigenvalue weighted by molar-refractivity contribution is 0.412. The van der Waals surface area contributed by atoms with E-state index in [9.17, 15) is 17.2 Å². The van der Waals surface area contributed by atoms with E-state index >= 15 is 0 Å². The molecule has 2 heterocycles. The molecule has 12 heteroatoms. The number of pyridine rings is 2. The Balaban J connectivity index is 2.01. The maximum Gasteiger partial charge on any atom is 0.300 e. The van der Waals surface area contributed by atoms with Gasteiger partial charge in [-0.25, -0.2) is 18.5 Å². The van der Waals surface area contributed by atoms with Crippen molar-refractivity contribution in [2.24, 2.45) is 0 Å². The summed E-state index contributed by atoms with van der Waals surface area (Å²) in [7, 11) is -1.41. The zero-order valence-electron chi connectivity index (χ0n) is 16.4. The minimum Gasteiger partial charge on any atom is -0.494 e. The molecule has 0 saturated heterocycles. The number of methoxy groups -OCH3 is 1. The van der Waals surface area contributed by atoms with E-state index in [1.54, 1.807) is 0 Å². The van der Waals surface area contributed by atoms with Crippen LogP contribution < -0.4 is 19.9 Å². The fraction of sp³-hybridized carbons (Fsp3) is 0.158. The average Bonchev–Trinajstić information content (AvgIpc) is 2.72. The highest BCUT2D eigenvalue weighted by molar-refractivity contribution is 7.90. The van der Waals surface area contributed by atoms with Gasteiger partial charge in [0.25, 0.3) is 10.2 Å². The summed E-state index contributed by atoms with van der Waals surface area (Å²) >= 11 is 5.79. The molecule has 3 aromatic rings. The smallest absolute Gasteiger partial charge is 0.300 e. The first-order valence-corrected chi connectivity index (χ1v) is 10.6. The Morgan fingerprint density at radius 2 is 1.94 bits per heavy atom. The first-order chi connectivity index (χ1) is 14.7. The number of hydrogen-bond donors (Lipinski definition) is 3. The van der Waals surface area contributed by atoms with E-state index in [4.69, 9.17) is 22.1 Å². The molecule has 0 aliphatic rings. The third-order valence-corrected chi connectivity index (χ3v) is 5.62. The second-order valence-electron chi connectivity index (χ2n) is 6.32. The van der Waals surface area contributed by atoms with Crippen LogP contribution in [-0.2, 0) is 16.6 Å². The van der Waals surface area contributed by atoms with Gasteiger partial charge in [-0.1, -0.05) is 11.6 Å². The molecule has 0 aliphatic heterocycles. The number of halogens is 3. The number of nitrogens with zero attached hydrogens (tertiary/aromatic N) is 2. The van der Waals surface area contributed by atoms with Gasteiger partial charge in [0, 0.05) is 42.0 Å². The number of ether oxygens (including phenoxy) is 1. The Bertz CT molecular complexity index is 1240. The zero-order valence-corrected chi connectivity index (χ0v) is 18.0. The highest BCUT2D eigenvalue weighted by Gasteiger charge is 2.20. The molecule has 0 saturated carbocycles. The van der Waals surface area contributed by atoms with Crippen molar-refractivity contribution in [1.29, 1.82) is 0 Å². The van der Waals surface area contributed by atoms with Crippen molar-refractivity contribution in [3.8, 4) is 17.0 Å². The molecular weight excluding hydrogens is 452 g/mol. The van der Waals surface area contributed by atoms with Crippen molar-refractivity contribution in [3.05, 3.63) is 64.4 Å². The van der Waals surface area contributed by atoms with Gasteiger partial charge in [0.05, 0.1) is 12.8 Å². The van der Waals surface area contributed by atoms with Crippen LogP contribution in [0.2, 0.25) is 5.02 Å². The Morgan fingerprint density at radius 1 is 1.19 bits per heavy atom. The molecule has 0 spiro atoms. The largest absolute Gasteiger partial charge is 0.494 e. The summed E-state index contributed by atoms with van der Waals surface area (Å²) in [6.07, 6.45) is 2.61. The molecule has 3 rings (SSSR count). The molecule has 31 heavy (non-hydrogen) atoms. The van der Waals surface area contributed by atoms with Gasteiger partial charge in [-0.05, 0) is 29.8 Å². The van der Waals surface area contributed by atoms with E-state index in [-0.39, 0.29) is 39.7 Å². The highest BCUT2D eigenvalue weighted by Crippen LogP contribution is 2.37. The summed E-state index contributed by atoms with van der Waals surface area (Å²) < 4.78 is 61.8. The van der Waals surface area contributed by atoms with Gasteiger partial charge < -0.3 is 10.5 Å². The molecule has 0 bridgehead atoms. The van der Waals surface area contributed by atoms with Crippen molar-refractivity contribution < 1.29 is 21.9 Å². The van der Waals surface area contributed by atoms with Crippen molar-refractivity contribution in [2.45, 2.75) is 6.42 Å². The van der Waals surface area contributed by atoms with Gasteiger partial charge in [0.15, 0.2) is 11.6 Å². The lowest BCUT2D eigenvalue weighted by Gasteiger charge is -2.15. The lowest BCUT2D eigenvalue weighted by atomic mass is 10.0. The molecule has 1 aromatic carbocycles. The van der Waals surface area contributed by atoms with E-state index in [0.717, 1.165) is 6.07 Å². The third kappa shape index (κ3) is 4.84. The molecular formula is C19H18ClF2N5O3S. The van der Waals surface area contributed by atoms with Crippen LogP contribution in [0.3, 0.4) is 0 Å².